The number of aryl methyl sites for hydroxylation is 1. The number of amides is 1. The van der Waals surface area contributed by atoms with Gasteiger partial charge in [0, 0.05) is 6.07 Å². The highest BCUT2D eigenvalue weighted by molar-refractivity contribution is 7.89. The molecule has 0 atom stereocenters. The summed E-state index contributed by atoms with van der Waals surface area (Å²) in [4.78, 5) is 23.7. The van der Waals surface area contributed by atoms with E-state index in [2.05, 4.69) is 5.32 Å². The normalized spacial score (nSPS) is 18.2. The quantitative estimate of drug-likeness (QED) is 0.700. The smallest absolute Gasteiger partial charge is 0.329 e. The Bertz CT molecular complexity index is 714. The second-order valence-corrected chi connectivity index (χ2v) is 7.36. The van der Waals surface area contributed by atoms with Gasteiger partial charge in [0.2, 0.25) is 10.0 Å². The Kier molecular flexibility index (Phi) is 4.81. The van der Waals surface area contributed by atoms with E-state index in [1.165, 1.54) is 6.92 Å². The second-order valence-electron chi connectivity index (χ2n) is 5.83. The fourth-order valence-electron chi connectivity index (χ4n) is 2.86. The predicted octanol–water partition coefficient (Wildman–Crippen LogP) is 1.14. The number of carbonyl (C=O) groups is 2. The van der Waals surface area contributed by atoms with Crippen LogP contribution < -0.4 is 10.5 Å². The Labute approximate surface area is 134 Å². The zero-order valence-electron chi connectivity index (χ0n) is 12.8. The zero-order valence-corrected chi connectivity index (χ0v) is 13.6. The summed E-state index contributed by atoms with van der Waals surface area (Å²) in [5.74, 6) is -2.13. The maximum absolute atomic E-state index is 12.3. The molecule has 23 heavy (non-hydrogen) atoms. The van der Waals surface area contributed by atoms with Crippen LogP contribution in [0.25, 0.3) is 0 Å². The average Bonchev–Trinajstić information content (AvgIpc) is 2.68. The zero-order chi connectivity index (χ0) is 17.3. The average molecular weight is 344 g/mol. The number of sulfonamides is 1. The van der Waals surface area contributed by atoms with Crippen molar-refractivity contribution < 1.29 is 27.5 Å². The summed E-state index contributed by atoms with van der Waals surface area (Å²) in [5.41, 5.74) is -1.35. The van der Waals surface area contributed by atoms with E-state index in [-0.39, 0.29) is 16.4 Å². The first kappa shape index (κ1) is 17.5. The van der Waals surface area contributed by atoms with Crippen molar-refractivity contribution in [3.63, 3.8) is 0 Å². The van der Waals surface area contributed by atoms with Gasteiger partial charge in [-0.05, 0) is 19.8 Å². The topological polar surface area (TPSA) is 140 Å². The van der Waals surface area contributed by atoms with Crippen molar-refractivity contribution in [1.82, 2.24) is 5.32 Å². The van der Waals surface area contributed by atoms with Crippen molar-refractivity contribution in [2.45, 2.75) is 55.9 Å². The van der Waals surface area contributed by atoms with Crippen molar-refractivity contribution in [3.05, 3.63) is 17.6 Å². The van der Waals surface area contributed by atoms with Crippen molar-refractivity contribution >= 4 is 21.9 Å². The number of carboxylic acid groups (broad SMARTS) is 1. The number of rotatable bonds is 4. The molecule has 1 amide bonds. The first-order valence-corrected chi connectivity index (χ1v) is 8.89. The van der Waals surface area contributed by atoms with Gasteiger partial charge >= 0.3 is 5.97 Å². The van der Waals surface area contributed by atoms with Crippen LogP contribution in [0.15, 0.2) is 15.4 Å². The maximum atomic E-state index is 12.3. The molecule has 128 valence electrons. The number of nitrogens with one attached hydrogen (secondary N) is 1. The first-order chi connectivity index (χ1) is 10.7. The molecule has 0 spiro atoms. The molecule has 1 aliphatic rings. The monoisotopic (exact) mass is 344 g/mol. The van der Waals surface area contributed by atoms with E-state index >= 15 is 0 Å². The van der Waals surface area contributed by atoms with E-state index in [9.17, 15) is 23.1 Å². The van der Waals surface area contributed by atoms with Crippen LogP contribution in [0.1, 0.15) is 54.8 Å². The summed E-state index contributed by atoms with van der Waals surface area (Å²) in [5, 5.41) is 17.1. The van der Waals surface area contributed by atoms with E-state index in [1.807, 2.05) is 0 Å². The SMILES string of the molecule is Cc1oc(C(=O)NC2(C(=O)O)CCCCCC2)cc1S(N)(=O)=O. The number of carbonyl (C=O) groups excluding carboxylic acids is 1. The van der Waals surface area contributed by atoms with Gasteiger partial charge < -0.3 is 14.8 Å². The largest absolute Gasteiger partial charge is 0.480 e. The van der Waals surface area contributed by atoms with Crippen LogP contribution in [0, 0.1) is 6.92 Å². The summed E-state index contributed by atoms with van der Waals surface area (Å²) >= 11 is 0. The molecule has 0 unspecified atom stereocenters. The highest BCUT2D eigenvalue weighted by Gasteiger charge is 2.41. The van der Waals surface area contributed by atoms with E-state index in [0.29, 0.717) is 25.7 Å². The Morgan fingerprint density at radius 3 is 2.26 bits per heavy atom. The molecule has 9 heteroatoms. The number of hydrogen-bond donors (Lipinski definition) is 3. The molecular weight excluding hydrogens is 324 g/mol. The standard InChI is InChI=1S/C14H20N2O6S/c1-9-11(23(15,20)21)8-10(22-9)12(17)16-14(13(18)19)6-4-2-3-5-7-14/h8H,2-7H2,1H3,(H,16,17)(H,18,19)(H2,15,20,21). The van der Waals surface area contributed by atoms with Crippen molar-refractivity contribution in [2.24, 2.45) is 5.14 Å². The number of nitrogens with two attached hydrogens (primary N) is 1. The van der Waals surface area contributed by atoms with Crippen LogP contribution in [0.3, 0.4) is 0 Å². The van der Waals surface area contributed by atoms with E-state index in [0.717, 1.165) is 18.9 Å². The van der Waals surface area contributed by atoms with Gasteiger partial charge in [0.25, 0.3) is 5.91 Å². The molecule has 1 aliphatic carbocycles. The van der Waals surface area contributed by atoms with E-state index in [1.54, 1.807) is 0 Å². The van der Waals surface area contributed by atoms with Crippen LogP contribution in [0.2, 0.25) is 0 Å². The number of aliphatic carboxylic acids is 1. The van der Waals surface area contributed by atoms with Crippen LogP contribution in [-0.2, 0) is 14.8 Å². The molecule has 4 N–H and O–H groups in total. The minimum absolute atomic E-state index is 0.0112. The third-order valence-corrected chi connectivity index (χ3v) is 5.14. The van der Waals surface area contributed by atoms with Gasteiger partial charge in [-0.1, -0.05) is 25.7 Å². The summed E-state index contributed by atoms with van der Waals surface area (Å²) in [6, 6.07) is 1.02. The molecular formula is C14H20N2O6S. The Morgan fingerprint density at radius 1 is 1.26 bits per heavy atom. The highest BCUT2D eigenvalue weighted by Crippen LogP contribution is 2.28. The number of furan rings is 1. The van der Waals surface area contributed by atoms with Crippen molar-refractivity contribution in [2.75, 3.05) is 0 Å². The highest BCUT2D eigenvalue weighted by atomic mass is 32.2. The first-order valence-electron chi connectivity index (χ1n) is 7.35. The lowest BCUT2D eigenvalue weighted by Crippen LogP contribution is -2.54. The van der Waals surface area contributed by atoms with Crippen LogP contribution in [0.4, 0.5) is 0 Å². The van der Waals surface area contributed by atoms with Gasteiger partial charge in [0.15, 0.2) is 5.76 Å². The van der Waals surface area contributed by atoms with Crippen molar-refractivity contribution in [1.29, 1.82) is 0 Å². The van der Waals surface area contributed by atoms with Gasteiger partial charge in [0.1, 0.15) is 16.2 Å². The fraction of sp³-hybridized carbons (Fsp3) is 0.571. The molecule has 1 saturated carbocycles. The molecule has 1 heterocycles. The molecule has 0 radical (unpaired) electrons. The number of carboxylic acids is 1. The maximum Gasteiger partial charge on any atom is 0.329 e. The third-order valence-electron chi connectivity index (χ3n) is 4.12. The van der Waals surface area contributed by atoms with E-state index in [4.69, 9.17) is 9.56 Å². The summed E-state index contributed by atoms with van der Waals surface area (Å²) < 4.78 is 27.9. The van der Waals surface area contributed by atoms with Gasteiger partial charge in [-0.25, -0.2) is 18.4 Å². The minimum Gasteiger partial charge on any atom is -0.480 e. The summed E-state index contributed by atoms with van der Waals surface area (Å²) in [6.45, 7) is 1.37. The Balaban J connectivity index is 2.28. The van der Waals surface area contributed by atoms with Gasteiger partial charge in [-0.15, -0.1) is 0 Å². The molecule has 1 aromatic heterocycles. The molecule has 1 fully saturated rings. The number of hydrogen-bond acceptors (Lipinski definition) is 5. The molecule has 2 rings (SSSR count). The lowest BCUT2D eigenvalue weighted by molar-refractivity contribution is -0.145. The summed E-state index contributed by atoms with van der Waals surface area (Å²) in [7, 11) is -4.01. The van der Waals surface area contributed by atoms with Crippen molar-refractivity contribution in [3.8, 4) is 0 Å². The molecule has 0 saturated heterocycles. The molecule has 1 aromatic rings. The van der Waals surface area contributed by atoms with Gasteiger partial charge in [-0.3, -0.25) is 4.79 Å². The Hall–Kier alpha value is -1.87. The molecule has 8 nitrogen and oxygen atoms in total. The van der Waals surface area contributed by atoms with Crippen LogP contribution in [-0.4, -0.2) is 30.9 Å². The van der Waals surface area contributed by atoms with Gasteiger partial charge in [0.05, 0.1) is 0 Å². The Morgan fingerprint density at radius 2 is 1.83 bits per heavy atom. The molecule has 0 aromatic carbocycles. The van der Waals surface area contributed by atoms with Crippen LogP contribution >= 0.6 is 0 Å². The molecule has 0 aliphatic heterocycles. The van der Waals surface area contributed by atoms with Gasteiger partial charge in [-0.2, -0.15) is 0 Å². The third kappa shape index (κ3) is 3.73. The lowest BCUT2D eigenvalue weighted by Gasteiger charge is -2.28. The lowest BCUT2D eigenvalue weighted by atomic mass is 9.90. The predicted molar refractivity (Wildman–Crippen MR) is 80.4 cm³/mol. The summed E-state index contributed by atoms with van der Waals surface area (Å²) in [6.07, 6.45) is 3.89. The van der Waals surface area contributed by atoms with E-state index < -0.39 is 27.4 Å². The van der Waals surface area contributed by atoms with Crippen LogP contribution in [0.5, 0.6) is 0 Å². The second kappa shape index (κ2) is 6.32. The minimum atomic E-state index is -4.01. The number of primary sulfonamides is 1. The fourth-order valence-corrected chi connectivity index (χ4v) is 3.58. The molecule has 0 bridgehead atoms.